The van der Waals surface area contributed by atoms with E-state index in [1.807, 2.05) is 0 Å². The molecule has 0 N–H and O–H groups in total. The maximum atomic E-state index is 12.9. The van der Waals surface area contributed by atoms with Crippen molar-refractivity contribution in [2.45, 2.75) is 348 Å². The molecule has 0 aliphatic rings. The van der Waals surface area contributed by atoms with Gasteiger partial charge in [0.15, 0.2) is 6.10 Å². The molecule has 1 unspecified atom stereocenters. The number of hydrogen-bond acceptors (Lipinski definition) is 6. The van der Waals surface area contributed by atoms with Crippen molar-refractivity contribution >= 4 is 17.9 Å². The van der Waals surface area contributed by atoms with E-state index in [1.54, 1.807) is 0 Å². The van der Waals surface area contributed by atoms with Crippen LogP contribution in [0.1, 0.15) is 342 Å². The molecule has 0 bridgehead atoms. The van der Waals surface area contributed by atoms with Gasteiger partial charge in [0.05, 0.1) is 0 Å². The molecule has 0 aliphatic heterocycles. The van der Waals surface area contributed by atoms with Gasteiger partial charge in [-0.1, -0.05) is 323 Å². The summed E-state index contributed by atoms with van der Waals surface area (Å²) in [6.45, 7) is 6.53. The monoisotopic (exact) mass is 1150 g/mol. The van der Waals surface area contributed by atoms with E-state index in [1.165, 1.54) is 193 Å². The highest BCUT2D eigenvalue weighted by Gasteiger charge is 2.19. The molecule has 0 aromatic heterocycles. The smallest absolute Gasteiger partial charge is 0.306 e. The molecule has 0 fully saturated rings. The second kappa shape index (κ2) is 70.6. The molecule has 0 rings (SSSR count). The predicted octanol–water partition coefficient (Wildman–Crippen LogP) is 24.6. The third-order valence-electron chi connectivity index (χ3n) is 15.3. The third kappa shape index (κ3) is 68.7. The average Bonchev–Trinajstić information content (AvgIpc) is 3.49. The van der Waals surface area contributed by atoms with E-state index >= 15 is 0 Å². The topological polar surface area (TPSA) is 78.9 Å². The molecule has 0 amide bonds. The Morgan fingerprint density at radius 1 is 0.253 bits per heavy atom. The van der Waals surface area contributed by atoms with Gasteiger partial charge in [0.2, 0.25) is 0 Å². The fraction of sp³-hybridized carbons (Fsp3) is 0.727. The number of ether oxygens (including phenoxy) is 3. The third-order valence-corrected chi connectivity index (χ3v) is 15.3. The van der Waals surface area contributed by atoms with Gasteiger partial charge >= 0.3 is 17.9 Å². The summed E-state index contributed by atoms with van der Waals surface area (Å²) in [5.41, 5.74) is 0. The van der Waals surface area contributed by atoms with Crippen molar-refractivity contribution in [2.75, 3.05) is 13.2 Å². The molecule has 0 radical (unpaired) electrons. The second-order valence-corrected chi connectivity index (χ2v) is 23.4. The molecule has 0 saturated carbocycles. The zero-order valence-electron chi connectivity index (χ0n) is 54.7. The van der Waals surface area contributed by atoms with Crippen molar-refractivity contribution < 1.29 is 28.6 Å². The van der Waals surface area contributed by atoms with Gasteiger partial charge < -0.3 is 14.2 Å². The normalized spacial score (nSPS) is 12.8. The SMILES string of the molecule is CC/C=C\C/C=C\C/C=C\C/C=C\C/C=C\C/C=C\C/C=C\CCCCCCCCCCCCCC(=O)OCC(COC(=O)CCCCCCCCCCCCCCC)OC(=O)CCCCCCCCCCC/C=C\C/C=C\CCCCC. The van der Waals surface area contributed by atoms with Crippen molar-refractivity contribution in [3.05, 3.63) is 109 Å². The minimum Gasteiger partial charge on any atom is -0.462 e. The maximum Gasteiger partial charge on any atom is 0.306 e. The molecule has 476 valence electrons. The fourth-order valence-corrected chi connectivity index (χ4v) is 9.99. The molecule has 6 heteroatoms. The lowest BCUT2D eigenvalue weighted by Gasteiger charge is -2.18. The van der Waals surface area contributed by atoms with Crippen molar-refractivity contribution in [3.63, 3.8) is 0 Å². The van der Waals surface area contributed by atoms with E-state index in [2.05, 4.69) is 130 Å². The second-order valence-electron chi connectivity index (χ2n) is 23.4. The van der Waals surface area contributed by atoms with E-state index in [9.17, 15) is 14.4 Å². The average molecular weight is 1150 g/mol. The van der Waals surface area contributed by atoms with Gasteiger partial charge in [0.1, 0.15) is 13.2 Å². The van der Waals surface area contributed by atoms with Crippen LogP contribution in [0.3, 0.4) is 0 Å². The minimum absolute atomic E-state index is 0.0766. The molecular formula is C77H132O6. The van der Waals surface area contributed by atoms with Crippen LogP contribution in [0.15, 0.2) is 109 Å². The number of carbonyl (C=O) groups excluding carboxylic acids is 3. The minimum atomic E-state index is -0.781. The molecule has 0 aliphatic carbocycles. The highest BCUT2D eigenvalue weighted by molar-refractivity contribution is 5.71. The number of unbranched alkanes of at least 4 members (excludes halogenated alkanes) is 35. The first-order valence-corrected chi connectivity index (χ1v) is 35.4. The summed E-state index contributed by atoms with van der Waals surface area (Å²) in [6.07, 6.45) is 96.8. The van der Waals surface area contributed by atoms with Crippen LogP contribution in [-0.4, -0.2) is 37.2 Å². The molecular weight excluding hydrogens is 1020 g/mol. The lowest BCUT2D eigenvalue weighted by molar-refractivity contribution is -0.167. The van der Waals surface area contributed by atoms with Crippen molar-refractivity contribution in [1.29, 1.82) is 0 Å². The molecule has 0 aromatic carbocycles. The van der Waals surface area contributed by atoms with E-state index in [0.29, 0.717) is 19.3 Å². The molecule has 0 saturated heterocycles. The van der Waals surface area contributed by atoms with Crippen molar-refractivity contribution in [3.8, 4) is 0 Å². The summed E-state index contributed by atoms with van der Waals surface area (Å²) in [4.78, 5) is 38.4. The highest BCUT2D eigenvalue weighted by atomic mass is 16.6. The van der Waals surface area contributed by atoms with Crippen LogP contribution >= 0.6 is 0 Å². The Hall–Kier alpha value is -3.93. The maximum absolute atomic E-state index is 12.9. The standard InChI is InChI=1S/C77H132O6/c1-4-7-10-13-16-19-22-25-27-29-31-32-33-34-35-36-37-38-39-40-41-42-43-44-46-47-49-52-55-58-61-64-67-70-76(79)82-73-74(72-81-75(78)69-66-63-60-57-54-51-24-21-18-15-12-9-6-3)83-77(80)71-68-65-62-59-56-53-50-48-45-30-28-26-23-20-17-14-11-8-5-2/h7,10,16-17,19-20,25-28,31-32,34-35,37-38,40-41,74H,4-6,8-9,11-15,18,21-24,29-30,33,36,39,42-73H2,1-3H3/b10-7-,19-16-,20-17-,27-25-,28-26-,32-31-,35-34-,38-37-,41-40-. The van der Waals surface area contributed by atoms with Crippen LogP contribution in [0.25, 0.3) is 0 Å². The number of carbonyl (C=O) groups is 3. The van der Waals surface area contributed by atoms with Crippen LogP contribution in [0.2, 0.25) is 0 Å². The van der Waals surface area contributed by atoms with Crippen LogP contribution in [0.5, 0.6) is 0 Å². The Kier molecular flexibility index (Phi) is 67.2. The van der Waals surface area contributed by atoms with Gasteiger partial charge in [-0.3, -0.25) is 14.4 Å². The number of hydrogen-bond donors (Lipinski definition) is 0. The fourth-order valence-electron chi connectivity index (χ4n) is 9.99. The summed E-state index contributed by atoms with van der Waals surface area (Å²) >= 11 is 0. The summed E-state index contributed by atoms with van der Waals surface area (Å²) in [5, 5.41) is 0. The zero-order valence-corrected chi connectivity index (χ0v) is 54.7. The van der Waals surface area contributed by atoms with Gasteiger partial charge in [-0.15, -0.1) is 0 Å². The number of rotatable bonds is 64. The Morgan fingerprint density at radius 2 is 0.470 bits per heavy atom. The summed E-state index contributed by atoms with van der Waals surface area (Å²) in [6, 6.07) is 0. The van der Waals surface area contributed by atoms with E-state index < -0.39 is 6.10 Å². The quantitative estimate of drug-likeness (QED) is 0.0261. The molecule has 0 aromatic rings. The Bertz CT molecular complexity index is 1660. The Labute approximate surface area is 514 Å². The molecule has 0 heterocycles. The zero-order chi connectivity index (χ0) is 59.9. The van der Waals surface area contributed by atoms with E-state index in [4.69, 9.17) is 14.2 Å². The van der Waals surface area contributed by atoms with Gasteiger partial charge in [-0.05, 0) is 109 Å². The van der Waals surface area contributed by atoms with Crippen LogP contribution < -0.4 is 0 Å². The van der Waals surface area contributed by atoms with Gasteiger partial charge in [-0.2, -0.15) is 0 Å². The summed E-state index contributed by atoms with van der Waals surface area (Å²) in [5.74, 6) is -0.869. The molecule has 83 heavy (non-hydrogen) atoms. The number of allylic oxidation sites excluding steroid dienone is 18. The van der Waals surface area contributed by atoms with Gasteiger partial charge in [-0.25, -0.2) is 0 Å². The molecule has 1 atom stereocenters. The summed E-state index contributed by atoms with van der Waals surface area (Å²) in [7, 11) is 0. The van der Waals surface area contributed by atoms with Gasteiger partial charge in [0.25, 0.3) is 0 Å². The molecule has 0 spiro atoms. The summed E-state index contributed by atoms with van der Waals surface area (Å²) < 4.78 is 17.0. The Morgan fingerprint density at radius 3 is 0.759 bits per heavy atom. The van der Waals surface area contributed by atoms with Crippen LogP contribution in [-0.2, 0) is 28.6 Å². The predicted molar refractivity (Wildman–Crippen MR) is 362 cm³/mol. The van der Waals surface area contributed by atoms with Crippen molar-refractivity contribution in [1.82, 2.24) is 0 Å². The highest BCUT2D eigenvalue weighted by Crippen LogP contribution is 2.17. The first kappa shape index (κ1) is 79.1. The van der Waals surface area contributed by atoms with E-state index in [0.717, 1.165) is 109 Å². The lowest BCUT2D eigenvalue weighted by Crippen LogP contribution is -2.30. The number of esters is 3. The van der Waals surface area contributed by atoms with E-state index in [-0.39, 0.29) is 31.1 Å². The lowest BCUT2D eigenvalue weighted by atomic mass is 10.0. The first-order chi connectivity index (χ1) is 41.0. The van der Waals surface area contributed by atoms with Crippen LogP contribution in [0.4, 0.5) is 0 Å². The largest absolute Gasteiger partial charge is 0.462 e. The van der Waals surface area contributed by atoms with Crippen molar-refractivity contribution in [2.24, 2.45) is 0 Å². The van der Waals surface area contributed by atoms with Gasteiger partial charge in [0, 0.05) is 19.3 Å². The molecule has 6 nitrogen and oxygen atoms in total. The van der Waals surface area contributed by atoms with Crippen LogP contribution in [0, 0.1) is 0 Å². The first-order valence-electron chi connectivity index (χ1n) is 35.4. The Balaban J connectivity index is 4.25.